The van der Waals surface area contributed by atoms with Crippen molar-refractivity contribution >= 4 is 95.4 Å². The minimum absolute atomic E-state index is 0.00359. The van der Waals surface area contributed by atoms with E-state index in [1.54, 1.807) is 12.1 Å². The average Bonchev–Trinajstić information content (AvgIpc) is 3.60. The van der Waals surface area contributed by atoms with Gasteiger partial charge in [-0.25, -0.2) is 19.2 Å². The summed E-state index contributed by atoms with van der Waals surface area (Å²) in [6.07, 6.45) is 1.05. The van der Waals surface area contributed by atoms with Gasteiger partial charge in [-0.05, 0) is 98.6 Å². The Bertz CT molecular complexity index is 2430. The number of aliphatic carboxylic acids is 4. The predicted molar refractivity (Wildman–Crippen MR) is 318 cm³/mol. The molecule has 1 aromatic carbocycles. The number of amides is 9. The molecule has 15 N–H and O–H groups in total. The second-order valence-corrected chi connectivity index (χ2v) is 22.3. The van der Waals surface area contributed by atoms with Gasteiger partial charge in [-0.15, -0.1) is 0 Å². The minimum Gasteiger partial charge on any atom is -0.480 e. The number of nitrogens with one attached hydrogen (secondary N) is 9. The second-order valence-electron chi connectivity index (χ2n) is 21.9. The Labute approximate surface area is 516 Å². The highest BCUT2D eigenvalue weighted by Crippen LogP contribution is 2.38. The largest absolute Gasteiger partial charge is 0.480 e. The number of hydrogen-bond acceptors (Lipinski definition) is 19. The zero-order valence-corrected chi connectivity index (χ0v) is 51.4. The molecular formula is C56H90N10O21S. The Hall–Kier alpha value is -7.68. The molecule has 0 fully saturated rings. The standard InChI is InChI=1S/C56H90N10O21S/c1-55(2,19-22-62-50(75)54(82)83)35-56(3,4)32-45(70)65-40(52(78)79)14-17-43(68)60-24-26-85-28-30-87-34-47(72)66-41(53(80)81)15-18-44(69)64-39(51(76)77)13-16-42(67)59-23-25-84-27-29-86-33-46(71)63-38(48(57)73)8-5-6-20-61-49(74)36-9-11-37(12-10-36)58-21-7-31-88/h9-12,38-41,58,88H,5-8,13-35H2,1-4H3,(H2,57,73)(H,59,67)(H,60,68)(H,61,74)(H,62,75)(H,63,71)(H,64,69)(H,65,70)(H,66,72)(H,76,77)(H,78,79)(H,80,81)(H,82,83)/t38-,39-,40-,41-/m1/s1. The number of unbranched alkanes of at least 4 members (excludes halogenated alkanes) is 1. The molecule has 1 rings (SSSR count). The molecule has 0 aromatic heterocycles. The molecule has 32 heteroatoms. The van der Waals surface area contributed by atoms with Gasteiger partial charge in [0.25, 0.3) is 5.91 Å². The molecule has 0 saturated heterocycles. The first-order valence-electron chi connectivity index (χ1n) is 28.8. The number of primary amides is 1. The Morgan fingerprint density at radius 1 is 0.489 bits per heavy atom. The van der Waals surface area contributed by atoms with Crippen molar-refractivity contribution in [2.24, 2.45) is 16.6 Å². The van der Waals surface area contributed by atoms with Crippen LogP contribution in [-0.2, 0) is 76.5 Å². The maximum atomic E-state index is 12.8. The molecule has 0 bridgehead atoms. The zero-order chi connectivity index (χ0) is 66.1. The van der Waals surface area contributed by atoms with E-state index in [1.165, 1.54) is 0 Å². The molecule has 31 nitrogen and oxygen atoms in total. The van der Waals surface area contributed by atoms with E-state index in [0.29, 0.717) is 37.8 Å². The summed E-state index contributed by atoms with van der Waals surface area (Å²) in [5.41, 5.74) is 5.85. The van der Waals surface area contributed by atoms with Crippen molar-refractivity contribution in [3.63, 3.8) is 0 Å². The van der Waals surface area contributed by atoms with Crippen LogP contribution in [0.15, 0.2) is 24.3 Å². The molecule has 1 aromatic rings. The summed E-state index contributed by atoms with van der Waals surface area (Å²) in [5, 5.41) is 60.5. The first-order chi connectivity index (χ1) is 41.5. The minimum atomic E-state index is -1.60. The van der Waals surface area contributed by atoms with E-state index in [1.807, 2.05) is 39.8 Å². The van der Waals surface area contributed by atoms with E-state index in [0.717, 1.165) is 24.4 Å². The molecule has 9 amide bonds. The molecule has 88 heavy (non-hydrogen) atoms. The number of ether oxygens (including phenoxy) is 4. The third-order valence-corrected chi connectivity index (χ3v) is 13.1. The molecule has 0 radical (unpaired) electrons. The molecular weight excluding hydrogens is 1180 g/mol. The van der Waals surface area contributed by atoms with Crippen molar-refractivity contribution in [1.29, 1.82) is 0 Å². The summed E-state index contributed by atoms with van der Waals surface area (Å²) in [6.45, 7) is 7.65. The van der Waals surface area contributed by atoms with E-state index in [-0.39, 0.29) is 110 Å². The lowest BCUT2D eigenvalue weighted by atomic mass is 9.71. The second kappa shape index (κ2) is 43.9. The van der Waals surface area contributed by atoms with Gasteiger partial charge in [-0.3, -0.25) is 43.2 Å². The number of anilines is 1. The third-order valence-electron chi connectivity index (χ3n) is 12.8. The van der Waals surface area contributed by atoms with Gasteiger partial charge in [0.2, 0.25) is 41.4 Å². The highest BCUT2D eigenvalue weighted by Gasteiger charge is 2.33. The van der Waals surface area contributed by atoms with Gasteiger partial charge in [0, 0.05) is 69.7 Å². The molecule has 0 aliphatic rings. The molecule has 0 aliphatic heterocycles. The van der Waals surface area contributed by atoms with Gasteiger partial charge in [-0.2, -0.15) is 12.6 Å². The third kappa shape index (κ3) is 38.5. The fourth-order valence-electron chi connectivity index (χ4n) is 8.64. The maximum absolute atomic E-state index is 12.8. The number of carboxylic acid groups (broad SMARTS) is 4. The van der Waals surface area contributed by atoms with Gasteiger partial charge in [0.05, 0.1) is 39.6 Å². The van der Waals surface area contributed by atoms with Crippen molar-refractivity contribution in [2.45, 2.75) is 135 Å². The van der Waals surface area contributed by atoms with E-state index in [4.69, 9.17) is 29.8 Å². The summed E-state index contributed by atoms with van der Waals surface area (Å²) in [4.78, 5) is 157. The van der Waals surface area contributed by atoms with E-state index >= 15 is 0 Å². The number of carbonyl (C=O) groups is 13. The molecule has 0 saturated carbocycles. The van der Waals surface area contributed by atoms with Crippen molar-refractivity contribution < 1.29 is 102 Å². The van der Waals surface area contributed by atoms with Crippen LogP contribution in [0.3, 0.4) is 0 Å². The monoisotopic (exact) mass is 1270 g/mol. The van der Waals surface area contributed by atoms with E-state index in [9.17, 15) is 77.6 Å². The van der Waals surface area contributed by atoms with Crippen LogP contribution < -0.4 is 53.6 Å². The lowest BCUT2D eigenvalue weighted by molar-refractivity contribution is -0.150. The van der Waals surface area contributed by atoms with Gasteiger partial charge in [-0.1, -0.05) is 27.7 Å². The molecule has 4 atom stereocenters. The zero-order valence-electron chi connectivity index (χ0n) is 50.5. The van der Waals surface area contributed by atoms with E-state index in [2.05, 4.69) is 60.5 Å². The number of carbonyl (C=O) groups excluding carboxylic acids is 9. The number of rotatable bonds is 50. The topological polar surface area (TPSA) is 474 Å². The van der Waals surface area contributed by atoms with Gasteiger partial charge in [0.1, 0.15) is 37.4 Å². The number of benzene rings is 1. The molecule has 0 heterocycles. The van der Waals surface area contributed by atoms with E-state index < -0.39 is 126 Å². The van der Waals surface area contributed by atoms with Crippen LogP contribution in [-0.4, -0.2) is 213 Å². The molecule has 0 aliphatic carbocycles. The predicted octanol–water partition coefficient (Wildman–Crippen LogP) is -0.940. The highest BCUT2D eigenvalue weighted by molar-refractivity contribution is 7.80. The smallest absolute Gasteiger partial charge is 0.394 e. The Morgan fingerprint density at radius 3 is 1.43 bits per heavy atom. The van der Waals surface area contributed by atoms with Crippen LogP contribution in [0.5, 0.6) is 0 Å². The molecule has 0 unspecified atom stereocenters. The van der Waals surface area contributed by atoms with Crippen LogP contribution in [0, 0.1) is 10.8 Å². The lowest BCUT2D eigenvalue weighted by Crippen LogP contribution is -2.45. The SMILES string of the molecule is CC(C)(CCNC(=O)C(=O)O)CC(C)(C)CC(=O)N[C@H](CCC(=O)NCCOCCOCC(=O)N[C@H](CCC(=O)N[C@H](CCC(=O)NCCOCCOCC(=O)N[C@H](CCCCNC(=O)c1ccc(NCCCS)cc1)C(N)=O)C(=O)O)C(=O)O)C(=O)O. The Kier molecular flexibility index (Phi) is 39.0. The maximum Gasteiger partial charge on any atom is 0.394 e. The van der Waals surface area contributed by atoms with Crippen LogP contribution >= 0.6 is 12.6 Å². The number of thiol groups is 1. The first kappa shape index (κ1) is 78.3. The van der Waals surface area contributed by atoms with Crippen molar-refractivity contribution in [1.82, 2.24) is 42.5 Å². The quantitative estimate of drug-likeness (QED) is 0.0213. The van der Waals surface area contributed by atoms with Crippen LogP contribution in [0.1, 0.15) is 122 Å². The van der Waals surface area contributed by atoms with Crippen molar-refractivity contribution in [2.75, 3.05) is 96.6 Å². The average molecular weight is 1270 g/mol. The summed E-state index contributed by atoms with van der Waals surface area (Å²) in [7, 11) is 0. The number of hydrogen-bond donors (Lipinski definition) is 15. The number of nitrogens with two attached hydrogens (primary N) is 1. The fraction of sp³-hybridized carbons (Fsp3) is 0.661. The lowest BCUT2D eigenvalue weighted by Gasteiger charge is -2.35. The van der Waals surface area contributed by atoms with Gasteiger partial charge >= 0.3 is 29.8 Å². The Balaban J connectivity index is 2.26. The first-order valence-corrected chi connectivity index (χ1v) is 29.4. The van der Waals surface area contributed by atoms with Crippen molar-refractivity contribution in [3.05, 3.63) is 29.8 Å². The highest BCUT2D eigenvalue weighted by atomic mass is 32.1. The van der Waals surface area contributed by atoms with Gasteiger partial charge < -0.3 is 93.0 Å². The summed E-state index contributed by atoms with van der Waals surface area (Å²) >= 11 is 4.18. The normalized spacial score (nSPS) is 12.6. The Morgan fingerprint density at radius 2 is 0.955 bits per heavy atom. The van der Waals surface area contributed by atoms with Crippen LogP contribution in [0.4, 0.5) is 5.69 Å². The van der Waals surface area contributed by atoms with Gasteiger partial charge in [0.15, 0.2) is 0 Å². The summed E-state index contributed by atoms with van der Waals surface area (Å²) in [5.74, 6) is -11.1. The molecule has 0 spiro atoms. The van der Waals surface area contributed by atoms with Crippen LogP contribution in [0.25, 0.3) is 0 Å². The summed E-state index contributed by atoms with van der Waals surface area (Å²) in [6, 6.07) is 1.72. The summed E-state index contributed by atoms with van der Waals surface area (Å²) < 4.78 is 21.2. The van der Waals surface area contributed by atoms with Crippen molar-refractivity contribution in [3.8, 4) is 0 Å². The fourth-order valence-corrected chi connectivity index (χ4v) is 8.80. The number of carboxylic acids is 4. The van der Waals surface area contributed by atoms with Crippen LogP contribution in [0.2, 0.25) is 0 Å². The molecule has 496 valence electrons.